The lowest BCUT2D eigenvalue weighted by molar-refractivity contribution is -0.157. The first-order valence-corrected chi connectivity index (χ1v) is 7.16. The minimum atomic E-state index is -0.491. The lowest BCUT2D eigenvalue weighted by Crippen LogP contribution is -2.27. The largest absolute Gasteiger partial charge is 0.482 e. The van der Waals surface area contributed by atoms with Gasteiger partial charge in [-0.25, -0.2) is 9.78 Å². The van der Waals surface area contributed by atoms with Gasteiger partial charge in [0, 0.05) is 17.1 Å². The first kappa shape index (κ1) is 14.5. The molecule has 20 heavy (non-hydrogen) atoms. The van der Waals surface area contributed by atoms with Crippen LogP contribution in [0.1, 0.15) is 20.8 Å². The summed E-state index contributed by atoms with van der Waals surface area (Å²) >= 11 is 1.58. The number of rotatable bonds is 4. The van der Waals surface area contributed by atoms with Crippen LogP contribution in [0.2, 0.25) is 0 Å². The van der Waals surface area contributed by atoms with E-state index in [-0.39, 0.29) is 12.6 Å². The zero-order valence-electron chi connectivity index (χ0n) is 11.8. The zero-order chi connectivity index (χ0) is 14.6. The van der Waals surface area contributed by atoms with Gasteiger partial charge in [0.1, 0.15) is 16.4 Å². The van der Waals surface area contributed by atoms with E-state index in [1.165, 1.54) is 0 Å². The van der Waals surface area contributed by atoms with E-state index in [0.29, 0.717) is 5.75 Å². The monoisotopic (exact) mass is 291 g/mol. The number of thiazole rings is 1. The third-order valence-corrected chi connectivity index (χ3v) is 3.13. The third-order valence-electron chi connectivity index (χ3n) is 2.31. The molecule has 0 saturated carbocycles. The van der Waals surface area contributed by atoms with Gasteiger partial charge >= 0.3 is 5.97 Å². The highest BCUT2D eigenvalue weighted by atomic mass is 32.1. The van der Waals surface area contributed by atoms with Crippen LogP contribution in [0.15, 0.2) is 35.8 Å². The smallest absolute Gasteiger partial charge is 0.344 e. The Hall–Kier alpha value is -1.88. The Balaban J connectivity index is 1.90. The molecule has 2 aromatic rings. The first-order valence-electron chi connectivity index (χ1n) is 6.29. The maximum Gasteiger partial charge on any atom is 0.344 e. The van der Waals surface area contributed by atoms with Crippen LogP contribution in [0.4, 0.5) is 0 Å². The van der Waals surface area contributed by atoms with Crippen molar-refractivity contribution < 1.29 is 14.3 Å². The van der Waals surface area contributed by atoms with Gasteiger partial charge in [0.25, 0.3) is 0 Å². The topological polar surface area (TPSA) is 48.4 Å². The lowest BCUT2D eigenvalue weighted by Gasteiger charge is -2.19. The minimum Gasteiger partial charge on any atom is -0.482 e. The third kappa shape index (κ3) is 4.35. The molecule has 4 nitrogen and oxygen atoms in total. The summed E-state index contributed by atoms with van der Waals surface area (Å²) < 4.78 is 10.6. The highest BCUT2D eigenvalue weighted by molar-refractivity contribution is 7.13. The molecule has 0 spiro atoms. The van der Waals surface area contributed by atoms with Gasteiger partial charge in [0.05, 0.1) is 0 Å². The molecule has 0 aliphatic rings. The molecule has 2 rings (SSSR count). The van der Waals surface area contributed by atoms with E-state index in [1.807, 2.05) is 50.4 Å². The average molecular weight is 291 g/mol. The molecule has 0 N–H and O–H groups in total. The molecule has 0 unspecified atom stereocenters. The molecule has 0 amide bonds. The molecule has 0 fully saturated rings. The molecule has 0 aliphatic carbocycles. The highest BCUT2D eigenvalue weighted by Crippen LogP contribution is 2.24. The van der Waals surface area contributed by atoms with Gasteiger partial charge in [-0.2, -0.15) is 0 Å². The Morgan fingerprint density at radius 3 is 2.50 bits per heavy atom. The van der Waals surface area contributed by atoms with Crippen molar-refractivity contribution in [2.75, 3.05) is 6.61 Å². The van der Waals surface area contributed by atoms with Crippen LogP contribution in [0.25, 0.3) is 10.6 Å². The molecule has 1 aromatic heterocycles. The summed E-state index contributed by atoms with van der Waals surface area (Å²) in [6.45, 7) is 5.39. The molecule has 1 aromatic carbocycles. The maximum absolute atomic E-state index is 11.5. The van der Waals surface area contributed by atoms with Crippen molar-refractivity contribution in [2.24, 2.45) is 0 Å². The first-order chi connectivity index (χ1) is 9.44. The molecule has 0 atom stereocenters. The molecule has 5 heteroatoms. The number of aromatic nitrogens is 1. The van der Waals surface area contributed by atoms with Crippen molar-refractivity contribution in [3.05, 3.63) is 35.8 Å². The summed E-state index contributed by atoms with van der Waals surface area (Å²) in [5, 5.41) is 2.89. The molecule has 106 valence electrons. The number of ether oxygens (including phenoxy) is 2. The summed E-state index contributed by atoms with van der Waals surface area (Å²) in [6, 6.07) is 7.48. The number of hydrogen-bond acceptors (Lipinski definition) is 5. The van der Waals surface area contributed by atoms with Crippen molar-refractivity contribution in [2.45, 2.75) is 26.4 Å². The van der Waals surface area contributed by atoms with Crippen molar-refractivity contribution in [3.8, 4) is 16.3 Å². The second-order valence-corrected chi connectivity index (χ2v) is 6.13. The van der Waals surface area contributed by atoms with Gasteiger partial charge in [-0.05, 0) is 45.0 Å². The maximum atomic E-state index is 11.5. The van der Waals surface area contributed by atoms with Gasteiger partial charge in [0.2, 0.25) is 0 Å². The lowest BCUT2D eigenvalue weighted by atomic mass is 10.2. The molecule has 0 bridgehead atoms. The van der Waals surface area contributed by atoms with E-state index in [0.717, 1.165) is 10.6 Å². The summed E-state index contributed by atoms with van der Waals surface area (Å²) in [5.74, 6) is 0.262. The zero-order valence-corrected chi connectivity index (χ0v) is 12.6. The Kier molecular flexibility index (Phi) is 4.39. The fourth-order valence-corrected chi connectivity index (χ4v) is 2.22. The Morgan fingerprint density at radius 1 is 1.25 bits per heavy atom. The molecule has 0 saturated heterocycles. The number of carbonyl (C=O) groups excluding carboxylic acids is 1. The number of carbonyl (C=O) groups is 1. The fourth-order valence-electron chi connectivity index (χ4n) is 1.57. The van der Waals surface area contributed by atoms with Crippen LogP contribution in [0.3, 0.4) is 0 Å². The Morgan fingerprint density at radius 2 is 1.95 bits per heavy atom. The number of benzene rings is 1. The second-order valence-electron chi connectivity index (χ2n) is 5.24. The molecule has 0 aliphatic heterocycles. The van der Waals surface area contributed by atoms with Crippen molar-refractivity contribution in [1.29, 1.82) is 0 Å². The normalized spacial score (nSPS) is 11.2. The van der Waals surface area contributed by atoms with Crippen LogP contribution in [-0.2, 0) is 9.53 Å². The van der Waals surface area contributed by atoms with E-state index in [4.69, 9.17) is 9.47 Å². The molecular weight excluding hydrogens is 274 g/mol. The van der Waals surface area contributed by atoms with Crippen LogP contribution in [0.5, 0.6) is 5.75 Å². The highest BCUT2D eigenvalue weighted by Gasteiger charge is 2.16. The quantitative estimate of drug-likeness (QED) is 0.809. The molecular formula is C15H17NO3S. The Bertz CT molecular complexity index is 556. The summed E-state index contributed by atoms with van der Waals surface area (Å²) in [6.07, 6.45) is 1.77. The van der Waals surface area contributed by atoms with Gasteiger partial charge < -0.3 is 9.47 Å². The van der Waals surface area contributed by atoms with Crippen LogP contribution in [-0.4, -0.2) is 23.2 Å². The predicted octanol–water partition coefficient (Wildman–Crippen LogP) is 3.53. The SMILES string of the molecule is CC(C)(C)OC(=O)COc1ccc(-c2nccs2)cc1. The van der Waals surface area contributed by atoms with E-state index < -0.39 is 5.60 Å². The average Bonchev–Trinajstić information content (AvgIpc) is 2.89. The minimum absolute atomic E-state index is 0.0894. The van der Waals surface area contributed by atoms with Crippen LogP contribution < -0.4 is 4.74 Å². The van der Waals surface area contributed by atoms with Crippen LogP contribution >= 0.6 is 11.3 Å². The molecule has 1 heterocycles. The van der Waals surface area contributed by atoms with E-state index in [9.17, 15) is 4.79 Å². The van der Waals surface area contributed by atoms with Gasteiger partial charge in [-0.1, -0.05) is 0 Å². The van der Waals surface area contributed by atoms with Gasteiger partial charge in [-0.15, -0.1) is 11.3 Å². The van der Waals surface area contributed by atoms with E-state index in [1.54, 1.807) is 17.5 Å². The number of esters is 1. The van der Waals surface area contributed by atoms with Crippen molar-refractivity contribution in [1.82, 2.24) is 4.98 Å². The van der Waals surface area contributed by atoms with Crippen molar-refractivity contribution in [3.63, 3.8) is 0 Å². The van der Waals surface area contributed by atoms with Crippen molar-refractivity contribution >= 4 is 17.3 Å². The molecule has 0 radical (unpaired) electrons. The summed E-state index contributed by atoms with van der Waals surface area (Å²) in [5.41, 5.74) is 0.541. The van der Waals surface area contributed by atoms with E-state index >= 15 is 0 Å². The number of nitrogens with zero attached hydrogens (tertiary/aromatic N) is 1. The number of hydrogen-bond donors (Lipinski definition) is 0. The standard InChI is InChI=1S/C15H17NO3S/c1-15(2,3)19-13(17)10-18-12-6-4-11(5-7-12)14-16-8-9-20-14/h4-9H,10H2,1-3H3. The summed E-state index contributed by atoms with van der Waals surface area (Å²) in [4.78, 5) is 15.8. The van der Waals surface area contributed by atoms with Gasteiger partial charge in [-0.3, -0.25) is 0 Å². The fraction of sp³-hybridized carbons (Fsp3) is 0.333. The van der Waals surface area contributed by atoms with Gasteiger partial charge in [0.15, 0.2) is 6.61 Å². The predicted molar refractivity (Wildman–Crippen MR) is 78.9 cm³/mol. The second kappa shape index (κ2) is 6.05. The van der Waals surface area contributed by atoms with Crippen LogP contribution in [0, 0.1) is 0 Å². The van der Waals surface area contributed by atoms with E-state index in [2.05, 4.69) is 4.98 Å². The summed E-state index contributed by atoms with van der Waals surface area (Å²) in [7, 11) is 0. The Labute approximate surface area is 122 Å².